The lowest BCUT2D eigenvalue weighted by Crippen LogP contribution is -2.31. The molecule has 4 saturated carbocycles. The van der Waals surface area contributed by atoms with Crippen LogP contribution in [0.5, 0.6) is 17.2 Å². The lowest BCUT2D eigenvalue weighted by molar-refractivity contribution is -0.151. The minimum Gasteiger partial charge on any atom is -0.493 e. The first-order valence-corrected chi connectivity index (χ1v) is 23.9. The molecule has 1 aromatic rings. The molecule has 0 radical (unpaired) electrons. The lowest BCUT2D eigenvalue weighted by atomic mass is 9.69. The van der Waals surface area contributed by atoms with Crippen LogP contribution in [-0.4, -0.2) is 69.4 Å². The van der Waals surface area contributed by atoms with Gasteiger partial charge in [0, 0.05) is 17.2 Å². The van der Waals surface area contributed by atoms with E-state index in [1.54, 1.807) is 32.0 Å². The maximum atomic E-state index is 13.3. The summed E-state index contributed by atoms with van der Waals surface area (Å²) in [7, 11) is 1.50. The van der Waals surface area contributed by atoms with E-state index in [4.69, 9.17) is 33.2 Å². The van der Waals surface area contributed by atoms with E-state index in [0.717, 1.165) is 103 Å². The van der Waals surface area contributed by atoms with Crippen molar-refractivity contribution in [1.29, 1.82) is 0 Å². The smallest absolute Gasteiger partial charge is 0.333 e. The molecule has 0 N–H and O–H groups in total. The molecule has 1 aromatic carbocycles. The van der Waals surface area contributed by atoms with Crippen molar-refractivity contribution in [2.24, 2.45) is 47.3 Å². The quantitative estimate of drug-likeness (QED) is 0.0377. The van der Waals surface area contributed by atoms with Crippen molar-refractivity contribution in [3.05, 3.63) is 42.5 Å². The highest BCUT2D eigenvalue weighted by Crippen LogP contribution is 2.44. The molecule has 0 saturated heterocycles. The average Bonchev–Trinajstić information content (AvgIpc) is 3.31. The molecule has 64 heavy (non-hydrogen) atoms. The first-order chi connectivity index (χ1) is 30.8. The van der Waals surface area contributed by atoms with Gasteiger partial charge in [-0.3, -0.25) is 19.2 Å². The molecule has 0 heterocycles. The van der Waals surface area contributed by atoms with Crippen LogP contribution in [0.3, 0.4) is 0 Å². The van der Waals surface area contributed by atoms with E-state index in [2.05, 4.69) is 13.2 Å². The molecule has 4 aliphatic rings. The fraction of sp³-hybridized carbons (Fsp3) is 0.686. The van der Waals surface area contributed by atoms with E-state index >= 15 is 0 Å². The zero-order valence-electron chi connectivity index (χ0n) is 38.5. The molecule has 354 valence electrons. The zero-order valence-corrected chi connectivity index (χ0v) is 38.5. The second kappa shape index (κ2) is 25.7. The summed E-state index contributed by atoms with van der Waals surface area (Å²) >= 11 is 0. The summed E-state index contributed by atoms with van der Waals surface area (Å²) in [5, 5.41) is 0. The van der Waals surface area contributed by atoms with E-state index in [1.165, 1.54) is 7.11 Å². The molecule has 0 spiro atoms. The van der Waals surface area contributed by atoms with Crippen LogP contribution in [0.2, 0.25) is 0 Å². The van der Waals surface area contributed by atoms with Crippen molar-refractivity contribution >= 4 is 35.8 Å². The summed E-state index contributed by atoms with van der Waals surface area (Å²) in [5.41, 5.74) is 0.736. The maximum Gasteiger partial charge on any atom is 0.333 e. The van der Waals surface area contributed by atoms with Gasteiger partial charge >= 0.3 is 35.8 Å². The summed E-state index contributed by atoms with van der Waals surface area (Å²) in [5.74, 6) is 0.958. The molecule has 13 heteroatoms. The Bertz CT molecular complexity index is 1750. The largest absolute Gasteiger partial charge is 0.493 e. The number of carbonyl (C=O) groups excluding carboxylic acids is 6. The molecule has 0 amide bonds. The zero-order chi connectivity index (χ0) is 46.0. The van der Waals surface area contributed by atoms with Gasteiger partial charge in [-0.25, -0.2) is 9.59 Å². The minimum atomic E-state index is -0.403. The van der Waals surface area contributed by atoms with Crippen LogP contribution in [0.4, 0.5) is 0 Å². The molecule has 0 aliphatic heterocycles. The standard InChI is InChI=1S/C51H72O13/c1-33(2)46(52)59-28-6-8-30-61-48(54)39-18-10-35(11-19-39)37-14-22-41(23-15-37)50(56)63-43-26-27-44(45(32-43)58-5)64-51(57)42-24-16-38(17-25-42)36-12-20-40(21-13-36)49(55)62-31-9-7-29-60-47(53)34(3)4/h26-27,32,35-42H,1,3,6-25,28-31H2,2,4-5H3. The Labute approximate surface area is 379 Å². The van der Waals surface area contributed by atoms with Gasteiger partial charge in [0.05, 0.1) is 57.2 Å². The first-order valence-electron chi connectivity index (χ1n) is 23.9. The van der Waals surface area contributed by atoms with E-state index < -0.39 is 11.9 Å². The van der Waals surface area contributed by atoms with Gasteiger partial charge in [-0.2, -0.15) is 0 Å². The summed E-state index contributed by atoms with van der Waals surface area (Å²) < 4.78 is 38.4. The predicted molar refractivity (Wildman–Crippen MR) is 238 cm³/mol. The second-order valence-electron chi connectivity index (χ2n) is 18.7. The Balaban J connectivity index is 0.940. The Morgan fingerprint density at radius 3 is 1.12 bits per heavy atom. The third kappa shape index (κ3) is 15.5. The fourth-order valence-electron chi connectivity index (χ4n) is 10.1. The normalized spacial score (nSPS) is 25.7. The van der Waals surface area contributed by atoms with Crippen LogP contribution in [0, 0.1) is 47.3 Å². The Morgan fingerprint density at radius 2 is 0.781 bits per heavy atom. The van der Waals surface area contributed by atoms with Crippen LogP contribution < -0.4 is 14.2 Å². The molecule has 5 rings (SSSR count). The average molecular weight is 893 g/mol. The molecule has 0 unspecified atom stereocenters. The van der Waals surface area contributed by atoms with Gasteiger partial charge in [-0.15, -0.1) is 0 Å². The molecule has 4 aliphatic carbocycles. The molecule has 4 fully saturated rings. The molecule has 0 aromatic heterocycles. The number of ether oxygens (including phenoxy) is 7. The number of rotatable bonds is 21. The Morgan fingerprint density at radius 1 is 0.453 bits per heavy atom. The summed E-state index contributed by atoms with van der Waals surface area (Å²) in [6, 6.07) is 4.88. The SMILES string of the molecule is C=C(C)C(=O)OCCCCOC(=O)C1CCC(C2CCC(C(=O)Oc3ccc(OC(=O)C4CCC(C5CCC(C(=O)OCCCCOC(=O)C(=C)C)CC5)CC4)c(OC)c3)CC2)CC1. The Hall–Kier alpha value is -4.68. The number of methoxy groups -OCH3 is 1. The predicted octanol–water partition coefficient (Wildman–Crippen LogP) is 9.62. The third-order valence-electron chi connectivity index (χ3n) is 14.0. The number of carbonyl (C=O) groups is 6. The topological polar surface area (TPSA) is 167 Å². The molecular weight excluding hydrogens is 821 g/mol. The van der Waals surface area contributed by atoms with Crippen molar-refractivity contribution in [3.63, 3.8) is 0 Å². The van der Waals surface area contributed by atoms with Crippen molar-refractivity contribution in [3.8, 4) is 17.2 Å². The maximum absolute atomic E-state index is 13.3. The lowest BCUT2D eigenvalue weighted by Gasteiger charge is -2.36. The highest BCUT2D eigenvalue weighted by molar-refractivity contribution is 5.87. The molecule has 0 bridgehead atoms. The fourth-order valence-corrected chi connectivity index (χ4v) is 10.1. The van der Waals surface area contributed by atoms with Gasteiger partial charge in [0.25, 0.3) is 0 Å². The number of hydrogen-bond donors (Lipinski definition) is 0. The van der Waals surface area contributed by atoms with E-state index in [1.807, 2.05) is 0 Å². The number of hydrogen-bond acceptors (Lipinski definition) is 13. The van der Waals surface area contributed by atoms with Crippen molar-refractivity contribution < 1.29 is 61.9 Å². The Kier molecular flexibility index (Phi) is 20.2. The molecule has 13 nitrogen and oxygen atoms in total. The van der Waals surface area contributed by atoms with Gasteiger partial charge in [0.15, 0.2) is 11.5 Å². The van der Waals surface area contributed by atoms with E-state index in [-0.39, 0.29) is 60.8 Å². The highest BCUT2D eigenvalue weighted by Gasteiger charge is 2.37. The van der Waals surface area contributed by atoms with Gasteiger partial charge in [-0.05, 0) is 178 Å². The van der Waals surface area contributed by atoms with Crippen LogP contribution in [0.25, 0.3) is 0 Å². The van der Waals surface area contributed by atoms with E-state index in [9.17, 15) is 28.8 Å². The third-order valence-corrected chi connectivity index (χ3v) is 14.0. The van der Waals surface area contributed by atoms with Crippen LogP contribution >= 0.6 is 0 Å². The van der Waals surface area contributed by atoms with Crippen molar-refractivity contribution in [2.45, 2.75) is 142 Å². The summed E-state index contributed by atoms with van der Waals surface area (Å²) in [6.07, 6.45) is 16.6. The van der Waals surface area contributed by atoms with Crippen molar-refractivity contribution in [2.75, 3.05) is 33.5 Å². The number of esters is 6. The summed E-state index contributed by atoms with van der Waals surface area (Å²) in [6.45, 7) is 11.6. The number of benzene rings is 1. The first kappa shape index (κ1) is 50.3. The van der Waals surface area contributed by atoms with Crippen molar-refractivity contribution in [1.82, 2.24) is 0 Å². The van der Waals surface area contributed by atoms with E-state index in [0.29, 0.717) is 91.0 Å². The van der Waals surface area contributed by atoms with Gasteiger partial charge < -0.3 is 33.2 Å². The number of unbranched alkanes of at least 4 members (excludes halogenated alkanes) is 2. The van der Waals surface area contributed by atoms with Crippen LogP contribution in [-0.2, 0) is 47.7 Å². The van der Waals surface area contributed by atoms with Gasteiger partial charge in [0.2, 0.25) is 0 Å². The minimum absolute atomic E-state index is 0.0721. The van der Waals surface area contributed by atoms with Crippen LogP contribution in [0.15, 0.2) is 42.5 Å². The summed E-state index contributed by atoms with van der Waals surface area (Å²) in [4.78, 5) is 74.8. The highest BCUT2D eigenvalue weighted by atomic mass is 16.6. The van der Waals surface area contributed by atoms with Gasteiger partial charge in [-0.1, -0.05) is 13.2 Å². The molecule has 0 atom stereocenters. The van der Waals surface area contributed by atoms with Gasteiger partial charge in [0.1, 0.15) is 5.75 Å². The van der Waals surface area contributed by atoms with Crippen LogP contribution in [0.1, 0.15) is 142 Å². The molecular formula is C51H72O13. The monoisotopic (exact) mass is 892 g/mol. The second-order valence-corrected chi connectivity index (χ2v) is 18.7.